The van der Waals surface area contributed by atoms with E-state index in [9.17, 15) is 14.7 Å². The smallest absolute Gasteiger partial charge is 0.303 e. The number of amides is 1. The van der Waals surface area contributed by atoms with Crippen LogP contribution in [0.25, 0.3) is 0 Å². The number of fused-ring (bicyclic) bond motifs is 1. The average Bonchev–Trinajstić information content (AvgIpc) is 2.98. The summed E-state index contributed by atoms with van der Waals surface area (Å²) in [4.78, 5) is 24.2. The number of hydrogen-bond acceptors (Lipinski definition) is 10. The second kappa shape index (κ2) is 16.3. The van der Waals surface area contributed by atoms with Crippen molar-refractivity contribution in [3.8, 4) is 0 Å². The molecular weight excluding hydrogens is 574 g/mol. The number of ether oxygens (including phenoxy) is 7. The van der Waals surface area contributed by atoms with Gasteiger partial charge in [-0.25, -0.2) is 0 Å². The summed E-state index contributed by atoms with van der Waals surface area (Å²) in [5.41, 5.74) is -0.484. The molecule has 12 heteroatoms. The minimum Gasteiger partial charge on any atom is -0.481 e. The molecule has 0 aromatic carbocycles. The number of allylic oxidation sites excluding steroid dienone is 1. The predicted octanol–water partition coefficient (Wildman–Crippen LogP) is 3.39. The Bertz CT molecular complexity index is 946. The summed E-state index contributed by atoms with van der Waals surface area (Å²) < 4.78 is 41.9. The van der Waals surface area contributed by atoms with Crippen LogP contribution in [0.1, 0.15) is 79.6 Å². The minimum absolute atomic E-state index is 0.0838. The highest BCUT2D eigenvalue weighted by molar-refractivity contribution is 5.82. The van der Waals surface area contributed by atoms with E-state index in [0.29, 0.717) is 19.3 Å². The first-order valence-electron chi connectivity index (χ1n) is 15.8. The summed E-state index contributed by atoms with van der Waals surface area (Å²) in [5.74, 6) is -2.54. The van der Waals surface area contributed by atoms with Crippen LogP contribution in [0.3, 0.4) is 0 Å². The van der Waals surface area contributed by atoms with Crippen molar-refractivity contribution >= 4 is 11.9 Å². The molecule has 0 saturated carbocycles. The highest BCUT2D eigenvalue weighted by Gasteiger charge is 2.57. The number of carbonyl (C=O) groups excluding carboxylic acids is 1. The van der Waals surface area contributed by atoms with Gasteiger partial charge in [0.15, 0.2) is 12.3 Å². The fourth-order valence-electron chi connectivity index (χ4n) is 6.69. The Labute approximate surface area is 262 Å². The van der Waals surface area contributed by atoms with Gasteiger partial charge < -0.3 is 48.7 Å². The minimum atomic E-state index is -1.60. The van der Waals surface area contributed by atoms with E-state index in [1.807, 2.05) is 13.0 Å². The number of rotatable bonds is 15. The van der Waals surface area contributed by atoms with E-state index in [4.69, 9.17) is 38.3 Å². The van der Waals surface area contributed by atoms with Crippen LogP contribution in [0.2, 0.25) is 0 Å². The number of carboxylic acids is 1. The van der Waals surface area contributed by atoms with Gasteiger partial charge in [0.2, 0.25) is 5.79 Å². The van der Waals surface area contributed by atoms with E-state index >= 15 is 0 Å². The predicted molar refractivity (Wildman–Crippen MR) is 161 cm³/mol. The van der Waals surface area contributed by atoms with Gasteiger partial charge in [0.1, 0.15) is 19.0 Å². The van der Waals surface area contributed by atoms with Crippen molar-refractivity contribution in [2.75, 3.05) is 28.1 Å². The molecule has 44 heavy (non-hydrogen) atoms. The summed E-state index contributed by atoms with van der Waals surface area (Å²) >= 11 is 0. The lowest BCUT2D eigenvalue weighted by Crippen LogP contribution is -2.69. The van der Waals surface area contributed by atoms with Gasteiger partial charge in [-0.05, 0) is 38.0 Å². The van der Waals surface area contributed by atoms with Crippen molar-refractivity contribution in [1.29, 1.82) is 0 Å². The summed E-state index contributed by atoms with van der Waals surface area (Å²) in [6.45, 7) is 10.1. The third kappa shape index (κ3) is 8.58. The fourth-order valence-corrected chi connectivity index (χ4v) is 6.69. The normalized spacial score (nSPS) is 36.8. The van der Waals surface area contributed by atoms with Gasteiger partial charge in [-0.1, -0.05) is 46.3 Å². The molecule has 3 fully saturated rings. The number of aliphatic carboxylic acids is 1. The van der Waals surface area contributed by atoms with Crippen LogP contribution < -0.4 is 5.32 Å². The molecule has 0 aromatic rings. The number of nitrogens with one attached hydrogen (secondary N) is 1. The number of methoxy groups -OCH3 is 3. The van der Waals surface area contributed by atoms with Gasteiger partial charge in [0, 0.05) is 46.0 Å². The summed E-state index contributed by atoms with van der Waals surface area (Å²) in [7, 11) is 4.71. The molecule has 1 amide bonds. The van der Waals surface area contributed by atoms with Gasteiger partial charge in [-0.3, -0.25) is 9.59 Å². The third-order valence-electron chi connectivity index (χ3n) is 9.85. The highest BCUT2D eigenvalue weighted by Crippen LogP contribution is 2.44. The van der Waals surface area contributed by atoms with Crippen LogP contribution in [0, 0.1) is 17.3 Å². The van der Waals surface area contributed by atoms with E-state index < -0.39 is 47.6 Å². The number of hydrogen-bond donors (Lipinski definition) is 3. The molecule has 0 spiro atoms. The van der Waals surface area contributed by atoms with Crippen molar-refractivity contribution in [3.05, 3.63) is 12.2 Å². The van der Waals surface area contributed by atoms with Crippen LogP contribution in [0.5, 0.6) is 0 Å². The molecule has 0 radical (unpaired) electrons. The molecule has 3 N–H and O–H groups in total. The van der Waals surface area contributed by atoms with Crippen molar-refractivity contribution in [3.63, 3.8) is 0 Å². The lowest BCUT2D eigenvalue weighted by molar-refractivity contribution is -0.334. The Kier molecular flexibility index (Phi) is 13.6. The van der Waals surface area contributed by atoms with Crippen molar-refractivity contribution in [2.45, 2.75) is 134 Å². The third-order valence-corrected chi connectivity index (χ3v) is 9.85. The molecule has 3 rings (SSSR count). The zero-order valence-corrected chi connectivity index (χ0v) is 27.7. The average molecular weight is 630 g/mol. The van der Waals surface area contributed by atoms with Gasteiger partial charge in [-0.15, -0.1) is 0 Å². The first kappa shape index (κ1) is 36.8. The van der Waals surface area contributed by atoms with Crippen LogP contribution in [-0.4, -0.2) is 105 Å². The molecule has 254 valence electrons. The molecule has 0 aromatic heterocycles. The number of carboxylic acid groups (broad SMARTS) is 1. The molecular formula is C32H55NO11. The SMILES string of the molecule is CO[C@H](/C=C/CCCCCC(=O)O)C[C@H]1O[C@H]2[C@H](OCO[C@H]2NC(=O)[C@@H](O)[C@@]2(OC)CC(C)[C@@H](C)[C@@H](C)O2)[C@@H](OC)C1(C)C. The highest BCUT2D eigenvalue weighted by atomic mass is 16.7. The summed E-state index contributed by atoms with van der Waals surface area (Å²) in [6, 6.07) is 0. The van der Waals surface area contributed by atoms with Crippen molar-refractivity contribution < 1.29 is 53.0 Å². The van der Waals surface area contributed by atoms with E-state index in [1.54, 1.807) is 14.2 Å². The fraction of sp³-hybridized carbons (Fsp3) is 0.875. The van der Waals surface area contributed by atoms with Gasteiger partial charge in [-0.2, -0.15) is 0 Å². The Morgan fingerprint density at radius 2 is 1.80 bits per heavy atom. The van der Waals surface area contributed by atoms with Crippen LogP contribution >= 0.6 is 0 Å². The van der Waals surface area contributed by atoms with Gasteiger partial charge >= 0.3 is 5.97 Å². The largest absolute Gasteiger partial charge is 0.481 e. The molecule has 1 unspecified atom stereocenters. The summed E-state index contributed by atoms with van der Waals surface area (Å²) in [5, 5.41) is 22.9. The topological polar surface area (TPSA) is 151 Å². The van der Waals surface area contributed by atoms with Gasteiger partial charge in [0.25, 0.3) is 5.91 Å². The number of aliphatic hydroxyl groups excluding tert-OH is 1. The molecule has 3 heterocycles. The Morgan fingerprint density at radius 1 is 1.07 bits per heavy atom. The van der Waals surface area contributed by atoms with Crippen LogP contribution in [-0.2, 0) is 42.7 Å². The Balaban J connectivity index is 1.70. The van der Waals surface area contributed by atoms with E-state index in [-0.39, 0.29) is 49.5 Å². The zero-order chi connectivity index (χ0) is 32.7. The summed E-state index contributed by atoms with van der Waals surface area (Å²) in [6.07, 6.45) is 3.38. The van der Waals surface area contributed by atoms with Crippen molar-refractivity contribution in [2.24, 2.45) is 17.3 Å². The van der Waals surface area contributed by atoms with E-state index in [2.05, 4.69) is 39.1 Å². The first-order valence-corrected chi connectivity index (χ1v) is 15.8. The van der Waals surface area contributed by atoms with E-state index in [0.717, 1.165) is 19.3 Å². The molecule has 3 aliphatic rings. The maximum Gasteiger partial charge on any atom is 0.303 e. The van der Waals surface area contributed by atoms with Crippen LogP contribution in [0.4, 0.5) is 0 Å². The lowest BCUT2D eigenvalue weighted by Gasteiger charge is -2.54. The molecule has 12 nitrogen and oxygen atoms in total. The van der Waals surface area contributed by atoms with Gasteiger partial charge in [0.05, 0.1) is 24.4 Å². The number of aliphatic hydroxyl groups is 1. The lowest BCUT2D eigenvalue weighted by atomic mass is 9.72. The second-order valence-corrected chi connectivity index (χ2v) is 13.1. The molecule has 0 aliphatic carbocycles. The van der Waals surface area contributed by atoms with Crippen molar-refractivity contribution in [1.82, 2.24) is 5.32 Å². The molecule has 11 atom stereocenters. The Hall–Kier alpha value is -1.64. The zero-order valence-electron chi connectivity index (χ0n) is 27.7. The molecule has 0 bridgehead atoms. The quantitative estimate of drug-likeness (QED) is 0.181. The molecule has 3 aliphatic heterocycles. The number of carbonyl (C=O) groups is 2. The monoisotopic (exact) mass is 629 g/mol. The first-order chi connectivity index (χ1) is 20.8. The molecule has 3 saturated heterocycles. The Morgan fingerprint density at radius 3 is 2.41 bits per heavy atom. The standard InChI is InChI=1S/C32H55NO11/c1-19-17-32(40-8,44-21(3)20(19)2)27(36)29(37)33-30-26-25(41-18-42-30)28(39-7)31(4,5)23(43-26)16-22(38-6)14-12-10-9-11-13-15-24(34)35/h12,14,19-23,25-28,30,36H,9-11,13,15-18H2,1-8H3,(H,33,37)(H,34,35)/b14-12+/t19?,20-,21-,22-,23-,25+,26+,27-,28-,30-,32-/m1/s1. The maximum absolute atomic E-state index is 13.5. The van der Waals surface area contributed by atoms with Crippen LogP contribution in [0.15, 0.2) is 12.2 Å². The second-order valence-electron chi connectivity index (χ2n) is 13.1. The van der Waals surface area contributed by atoms with E-state index in [1.165, 1.54) is 7.11 Å². The maximum atomic E-state index is 13.5. The number of unbranched alkanes of at least 4 members (excludes halogenated alkanes) is 3.